The Morgan fingerprint density at radius 1 is 1.18 bits per heavy atom. The van der Waals surface area contributed by atoms with Crippen molar-refractivity contribution >= 4 is 34.9 Å². The van der Waals surface area contributed by atoms with Crippen molar-refractivity contribution in [3.05, 3.63) is 83.1 Å². The van der Waals surface area contributed by atoms with Gasteiger partial charge in [-0.1, -0.05) is 29.8 Å². The number of rotatable bonds is 8. The predicted molar refractivity (Wildman–Crippen MR) is 126 cm³/mol. The van der Waals surface area contributed by atoms with E-state index in [1.807, 2.05) is 6.07 Å². The van der Waals surface area contributed by atoms with Gasteiger partial charge in [0.2, 0.25) is 5.91 Å². The zero-order valence-corrected chi connectivity index (χ0v) is 19.1. The minimum atomic E-state index is -0.830. The molecule has 1 atom stereocenters. The van der Waals surface area contributed by atoms with E-state index in [9.17, 15) is 14.4 Å². The number of halogens is 1. The Morgan fingerprint density at radius 2 is 1.97 bits per heavy atom. The molecule has 0 radical (unpaired) electrons. The summed E-state index contributed by atoms with van der Waals surface area (Å²) in [5.41, 5.74) is 1.36. The lowest BCUT2D eigenvalue weighted by atomic mass is 10.1. The lowest BCUT2D eigenvalue weighted by Gasteiger charge is -2.33. The molecule has 0 saturated carbocycles. The van der Waals surface area contributed by atoms with Gasteiger partial charge < -0.3 is 14.8 Å². The predicted octanol–water partition coefficient (Wildman–Crippen LogP) is 3.43. The monoisotopic (exact) mass is 479 g/mol. The van der Waals surface area contributed by atoms with Gasteiger partial charge in [-0.3, -0.25) is 24.3 Å². The standard InChI is InChI=1S/C25H22ClN3O5/c1-16(25(32)28-13-18-6-4-5-11-27-18)29-20-12-17(9-10-23(20)34-15-24(29)31)21(30)14-33-22-8-3-2-7-19(22)26/h2-12,16H,13-15H2,1H3,(H,28,32)/t16-/m1/s1. The Hall–Kier alpha value is -3.91. The summed E-state index contributed by atoms with van der Waals surface area (Å²) in [6.45, 7) is 1.41. The summed E-state index contributed by atoms with van der Waals surface area (Å²) in [6, 6.07) is 16.2. The molecule has 0 spiro atoms. The maximum Gasteiger partial charge on any atom is 0.265 e. The zero-order valence-electron chi connectivity index (χ0n) is 18.4. The molecular formula is C25H22ClN3O5. The number of anilines is 1. The Labute approximate surface area is 201 Å². The molecule has 0 fully saturated rings. The van der Waals surface area contributed by atoms with Crippen LogP contribution in [0.5, 0.6) is 11.5 Å². The molecule has 1 aliphatic heterocycles. The van der Waals surface area contributed by atoms with Gasteiger partial charge in [-0.2, -0.15) is 0 Å². The van der Waals surface area contributed by atoms with Gasteiger partial charge in [0, 0.05) is 11.8 Å². The van der Waals surface area contributed by atoms with E-state index in [0.29, 0.717) is 33.5 Å². The highest BCUT2D eigenvalue weighted by atomic mass is 35.5. The summed E-state index contributed by atoms with van der Waals surface area (Å²) in [7, 11) is 0. The SMILES string of the molecule is C[C@H](C(=O)NCc1ccccn1)N1C(=O)COc2ccc(C(=O)COc3ccccc3Cl)cc21. The van der Waals surface area contributed by atoms with Crippen molar-refractivity contribution < 1.29 is 23.9 Å². The molecule has 2 amide bonds. The number of nitrogens with zero attached hydrogens (tertiary/aromatic N) is 2. The number of pyridine rings is 1. The van der Waals surface area contributed by atoms with E-state index in [0.717, 1.165) is 0 Å². The summed E-state index contributed by atoms with van der Waals surface area (Å²) in [6.07, 6.45) is 1.64. The summed E-state index contributed by atoms with van der Waals surface area (Å²) in [5, 5.41) is 3.19. The van der Waals surface area contributed by atoms with Gasteiger partial charge >= 0.3 is 0 Å². The normalized spacial score (nSPS) is 13.5. The summed E-state index contributed by atoms with van der Waals surface area (Å²) < 4.78 is 11.1. The number of fused-ring (bicyclic) bond motifs is 1. The maximum absolute atomic E-state index is 12.8. The second-order valence-corrected chi connectivity index (χ2v) is 8.00. The van der Waals surface area contributed by atoms with Crippen LogP contribution in [-0.2, 0) is 16.1 Å². The van der Waals surface area contributed by atoms with E-state index in [-0.39, 0.29) is 37.4 Å². The molecule has 4 rings (SSSR count). The van der Waals surface area contributed by atoms with Crippen LogP contribution in [0.2, 0.25) is 5.02 Å². The third kappa shape index (κ3) is 5.18. The number of aromatic nitrogens is 1. The topological polar surface area (TPSA) is 97.8 Å². The van der Waals surface area contributed by atoms with E-state index in [1.165, 1.54) is 11.0 Å². The number of ether oxygens (including phenoxy) is 2. The molecular weight excluding hydrogens is 458 g/mol. The van der Waals surface area contributed by atoms with E-state index in [1.54, 1.807) is 61.7 Å². The average Bonchev–Trinajstić information content (AvgIpc) is 2.86. The Bertz CT molecular complexity index is 1220. The number of Topliss-reactive ketones (excluding diaryl/α,β-unsaturated/α-hetero) is 1. The van der Waals surface area contributed by atoms with Gasteiger partial charge in [0.1, 0.15) is 17.5 Å². The Morgan fingerprint density at radius 3 is 2.74 bits per heavy atom. The summed E-state index contributed by atoms with van der Waals surface area (Å²) in [5.74, 6) is -0.246. The number of ketones is 1. The van der Waals surface area contributed by atoms with Gasteiger partial charge in [0.25, 0.3) is 5.91 Å². The molecule has 2 aromatic carbocycles. The largest absolute Gasteiger partial charge is 0.484 e. The Balaban J connectivity index is 1.49. The average molecular weight is 480 g/mol. The number of hydrogen-bond acceptors (Lipinski definition) is 6. The molecule has 0 aliphatic carbocycles. The quantitative estimate of drug-likeness (QED) is 0.497. The molecule has 34 heavy (non-hydrogen) atoms. The van der Waals surface area contributed by atoms with Crippen LogP contribution in [0.4, 0.5) is 5.69 Å². The lowest BCUT2D eigenvalue weighted by molar-refractivity contribution is -0.127. The summed E-state index contributed by atoms with van der Waals surface area (Å²) in [4.78, 5) is 43.8. The molecule has 9 heteroatoms. The highest BCUT2D eigenvalue weighted by molar-refractivity contribution is 6.32. The van der Waals surface area contributed by atoms with E-state index in [4.69, 9.17) is 21.1 Å². The maximum atomic E-state index is 12.8. The number of amides is 2. The van der Waals surface area contributed by atoms with Crippen LogP contribution in [0.1, 0.15) is 23.0 Å². The van der Waals surface area contributed by atoms with Crippen molar-refractivity contribution in [3.8, 4) is 11.5 Å². The van der Waals surface area contributed by atoms with E-state index >= 15 is 0 Å². The molecule has 0 bridgehead atoms. The number of carbonyl (C=O) groups is 3. The number of nitrogens with one attached hydrogen (secondary N) is 1. The van der Waals surface area contributed by atoms with Crippen LogP contribution >= 0.6 is 11.6 Å². The van der Waals surface area contributed by atoms with Crippen molar-refractivity contribution in [2.24, 2.45) is 0 Å². The van der Waals surface area contributed by atoms with Crippen LogP contribution in [0.15, 0.2) is 66.9 Å². The van der Waals surface area contributed by atoms with Crippen LogP contribution in [-0.4, -0.2) is 41.8 Å². The fourth-order valence-electron chi connectivity index (χ4n) is 3.50. The number of hydrogen-bond donors (Lipinski definition) is 1. The van der Waals surface area contributed by atoms with Gasteiger partial charge in [0.15, 0.2) is 19.0 Å². The van der Waals surface area contributed by atoms with Gasteiger partial charge in [-0.05, 0) is 49.4 Å². The first kappa shape index (κ1) is 23.3. The fourth-order valence-corrected chi connectivity index (χ4v) is 3.69. The second-order valence-electron chi connectivity index (χ2n) is 7.59. The molecule has 1 N–H and O–H groups in total. The molecule has 2 heterocycles. The lowest BCUT2D eigenvalue weighted by Crippen LogP contribution is -2.51. The zero-order chi connectivity index (χ0) is 24.1. The van der Waals surface area contributed by atoms with Gasteiger partial charge in [-0.15, -0.1) is 0 Å². The number of para-hydroxylation sites is 1. The molecule has 3 aromatic rings. The third-order valence-corrected chi connectivity index (χ3v) is 5.60. The van der Waals surface area contributed by atoms with Crippen LogP contribution in [0, 0.1) is 0 Å². The first-order valence-electron chi connectivity index (χ1n) is 10.6. The molecule has 1 aliphatic rings. The second kappa shape index (κ2) is 10.4. The molecule has 1 aromatic heterocycles. The minimum Gasteiger partial charge on any atom is -0.484 e. The highest BCUT2D eigenvalue weighted by Crippen LogP contribution is 2.34. The fraction of sp³-hybridized carbons (Fsp3) is 0.200. The molecule has 0 unspecified atom stereocenters. The smallest absolute Gasteiger partial charge is 0.265 e. The number of benzene rings is 2. The van der Waals surface area contributed by atoms with E-state index in [2.05, 4.69) is 10.3 Å². The van der Waals surface area contributed by atoms with Crippen molar-refractivity contribution in [1.82, 2.24) is 10.3 Å². The molecule has 174 valence electrons. The van der Waals surface area contributed by atoms with Crippen LogP contribution < -0.4 is 19.7 Å². The first-order chi connectivity index (χ1) is 16.4. The van der Waals surface area contributed by atoms with E-state index < -0.39 is 6.04 Å². The van der Waals surface area contributed by atoms with Crippen LogP contribution in [0.25, 0.3) is 0 Å². The van der Waals surface area contributed by atoms with Crippen LogP contribution in [0.3, 0.4) is 0 Å². The first-order valence-corrected chi connectivity index (χ1v) is 11.0. The van der Waals surface area contributed by atoms with Crippen molar-refractivity contribution in [2.75, 3.05) is 18.1 Å². The van der Waals surface area contributed by atoms with Gasteiger partial charge in [-0.25, -0.2) is 0 Å². The Kier molecular flexibility index (Phi) is 7.08. The minimum absolute atomic E-state index is 0.201. The third-order valence-electron chi connectivity index (χ3n) is 5.29. The number of carbonyl (C=O) groups excluding carboxylic acids is 3. The summed E-state index contributed by atoms with van der Waals surface area (Å²) >= 11 is 6.07. The molecule has 8 nitrogen and oxygen atoms in total. The van der Waals surface area contributed by atoms with Crippen molar-refractivity contribution in [2.45, 2.75) is 19.5 Å². The highest BCUT2D eigenvalue weighted by Gasteiger charge is 2.33. The van der Waals surface area contributed by atoms with Crippen molar-refractivity contribution in [1.29, 1.82) is 0 Å². The molecule has 0 saturated heterocycles. The van der Waals surface area contributed by atoms with Crippen molar-refractivity contribution in [3.63, 3.8) is 0 Å². The van der Waals surface area contributed by atoms with Gasteiger partial charge in [0.05, 0.1) is 22.9 Å².